The summed E-state index contributed by atoms with van der Waals surface area (Å²) < 4.78 is 46.8. The molecule has 1 aliphatic rings. The smallest absolute Gasteiger partial charge is 0.433 e. The van der Waals surface area contributed by atoms with Crippen LogP contribution in [0.2, 0.25) is 0 Å². The lowest BCUT2D eigenvalue weighted by Gasteiger charge is -2.41. The second-order valence-electron chi connectivity index (χ2n) is 7.79. The van der Waals surface area contributed by atoms with Gasteiger partial charge in [-0.1, -0.05) is 6.92 Å². The zero-order valence-corrected chi connectivity index (χ0v) is 16.3. The molecule has 0 bridgehead atoms. The average Bonchev–Trinajstić information content (AvgIpc) is 3.28. The lowest BCUT2D eigenvalue weighted by atomic mass is 9.88. The first kappa shape index (κ1) is 19.5. The molecule has 6 nitrogen and oxygen atoms in total. The highest BCUT2D eigenvalue weighted by atomic mass is 19.4. The number of carbonyl (C=O) groups excluding carboxylic acids is 1. The Morgan fingerprint density at radius 1 is 1.17 bits per heavy atom. The van der Waals surface area contributed by atoms with E-state index in [1.807, 2.05) is 13.8 Å². The third kappa shape index (κ3) is 3.49. The highest BCUT2D eigenvalue weighted by Gasteiger charge is 2.37. The highest BCUT2D eigenvalue weighted by Crippen LogP contribution is 2.33. The first-order chi connectivity index (χ1) is 13.6. The van der Waals surface area contributed by atoms with Crippen LogP contribution in [0.1, 0.15) is 49.8 Å². The topological polar surface area (TPSA) is 63.6 Å². The quantitative estimate of drug-likeness (QED) is 0.621. The minimum atomic E-state index is -4.67. The molecule has 3 aromatic heterocycles. The Balaban J connectivity index is 1.80. The summed E-state index contributed by atoms with van der Waals surface area (Å²) in [6.07, 6.45) is -1.62. The van der Waals surface area contributed by atoms with Gasteiger partial charge in [0.15, 0.2) is 22.8 Å². The van der Waals surface area contributed by atoms with E-state index in [0.29, 0.717) is 10.4 Å². The third-order valence-electron chi connectivity index (χ3n) is 5.38. The van der Waals surface area contributed by atoms with Gasteiger partial charge < -0.3 is 9.32 Å². The Morgan fingerprint density at radius 2 is 1.86 bits per heavy atom. The molecule has 0 aromatic carbocycles. The average molecular weight is 406 g/mol. The van der Waals surface area contributed by atoms with Gasteiger partial charge >= 0.3 is 6.18 Å². The van der Waals surface area contributed by atoms with Crippen molar-refractivity contribution in [2.45, 2.75) is 51.9 Å². The van der Waals surface area contributed by atoms with Gasteiger partial charge in [0.25, 0.3) is 5.91 Å². The molecule has 0 aliphatic carbocycles. The van der Waals surface area contributed by atoms with E-state index in [-0.39, 0.29) is 40.8 Å². The van der Waals surface area contributed by atoms with E-state index in [9.17, 15) is 18.0 Å². The minimum absolute atomic E-state index is 0.0141. The number of alkyl halides is 3. The standard InChI is InChI=1S/C20H21F3N4O2/c1-11-7-12(2)26(13(3)8-11)19(28)15-10-18-24-14(16-5-4-6-29-16)9-17(20(21,22)23)27(18)25-15/h4-6,9-13H,7-8H2,1-3H3. The second kappa shape index (κ2) is 6.89. The van der Waals surface area contributed by atoms with E-state index >= 15 is 0 Å². The van der Waals surface area contributed by atoms with E-state index in [0.717, 1.165) is 18.9 Å². The Labute approximate surface area is 165 Å². The van der Waals surface area contributed by atoms with Crippen LogP contribution in [0.15, 0.2) is 34.9 Å². The van der Waals surface area contributed by atoms with Crippen molar-refractivity contribution in [3.8, 4) is 11.5 Å². The van der Waals surface area contributed by atoms with Gasteiger partial charge in [-0.3, -0.25) is 4.79 Å². The highest BCUT2D eigenvalue weighted by molar-refractivity contribution is 5.94. The van der Waals surface area contributed by atoms with Gasteiger partial charge in [-0.25, -0.2) is 9.50 Å². The zero-order valence-electron chi connectivity index (χ0n) is 16.3. The Hall–Kier alpha value is -2.84. The maximum Gasteiger partial charge on any atom is 0.433 e. The van der Waals surface area contributed by atoms with Gasteiger partial charge in [-0.05, 0) is 50.8 Å². The molecule has 9 heteroatoms. The fraction of sp³-hybridized carbons (Fsp3) is 0.450. The summed E-state index contributed by atoms with van der Waals surface area (Å²) in [6, 6.07) is 5.25. The molecule has 0 radical (unpaired) electrons. The lowest BCUT2D eigenvalue weighted by molar-refractivity contribution is -0.142. The Kier molecular flexibility index (Phi) is 4.63. The molecule has 1 saturated heterocycles. The number of piperidine rings is 1. The van der Waals surface area contributed by atoms with Crippen molar-refractivity contribution >= 4 is 11.6 Å². The van der Waals surface area contributed by atoms with Crippen LogP contribution in [-0.2, 0) is 6.18 Å². The number of hydrogen-bond donors (Lipinski definition) is 0. The molecule has 2 atom stereocenters. The predicted octanol–water partition coefficient (Wildman–Crippen LogP) is 4.66. The van der Waals surface area contributed by atoms with Crippen LogP contribution in [0.5, 0.6) is 0 Å². The lowest BCUT2D eigenvalue weighted by Crippen LogP contribution is -2.49. The first-order valence-electron chi connectivity index (χ1n) is 9.49. The Morgan fingerprint density at radius 3 is 2.45 bits per heavy atom. The monoisotopic (exact) mass is 406 g/mol. The largest absolute Gasteiger partial charge is 0.463 e. The maximum atomic E-state index is 13.7. The molecule has 0 N–H and O–H groups in total. The summed E-state index contributed by atoms with van der Waals surface area (Å²) in [5.74, 6) is 0.314. The van der Waals surface area contributed by atoms with Crippen molar-refractivity contribution in [2.75, 3.05) is 0 Å². The molecular weight excluding hydrogens is 385 g/mol. The predicted molar refractivity (Wildman–Crippen MR) is 99.2 cm³/mol. The molecule has 0 spiro atoms. The van der Waals surface area contributed by atoms with Crippen molar-refractivity contribution in [1.82, 2.24) is 19.5 Å². The van der Waals surface area contributed by atoms with E-state index < -0.39 is 11.9 Å². The number of fused-ring (bicyclic) bond motifs is 1. The van der Waals surface area contributed by atoms with Crippen LogP contribution < -0.4 is 0 Å². The molecule has 1 fully saturated rings. The number of furan rings is 1. The number of carbonyl (C=O) groups is 1. The summed E-state index contributed by atoms with van der Waals surface area (Å²) in [5, 5.41) is 3.98. The van der Waals surface area contributed by atoms with Crippen molar-refractivity contribution in [2.24, 2.45) is 5.92 Å². The molecule has 4 rings (SSSR count). The van der Waals surface area contributed by atoms with Crippen molar-refractivity contribution in [1.29, 1.82) is 0 Å². The summed E-state index contributed by atoms with van der Waals surface area (Å²) in [6.45, 7) is 6.04. The van der Waals surface area contributed by atoms with Gasteiger partial charge in [-0.2, -0.15) is 18.3 Å². The number of nitrogens with zero attached hydrogens (tertiary/aromatic N) is 4. The van der Waals surface area contributed by atoms with Crippen molar-refractivity contribution in [3.63, 3.8) is 0 Å². The van der Waals surface area contributed by atoms with E-state index in [1.165, 1.54) is 18.4 Å². The molecule has 1 aliphatic heterocycles. The van der Waals surface area contributed by atoms with Gasteiger partial charge in [-0.15, -0.1) is 0 Å². The van der Waals surface area contributed by atoms with Gasteiger partial charge in [0, 0.05) is 18.2 Å². The SMILES string of the molecule is CC1CC(C)N(C(=O)c2cc3nc(-c4ccco4)cc(C(F)(F)F)n3n2)C(C)C1. The fourth-order valence-electron chi connectivity index (χ4n) is 4.29. The van der Waals surface area contributed by atoms with Crippen molar-refractivity contribution < 1.29 is 22.4 Å². The number of amides is 1. The van der Waals surface area contributed by atoms with Crippen LogP contribution >= 0.6 is 0 Å². The first-order valence-corrected chi connectivity index (χ1v) is 9.49. The molecule has 154 valence electrons. The summed E-state index contributed by atoms with van der Waals surface area (Å²) in [7, 11) is 0. The number of aromatic nitrogens is 3. The minimum Gasteiger partial charge on any atom is -0.463 e. The van der Waals surface area contributed by atoms with E-state index in [2.05, 4.69) is 17.0 Å². The zero-order chi connectivity index (χ0) is 20.9. The molecule has 3 aromatic rings. The molecular formula is C20H21F3N4O2. The van der Waals surface area contributed by atoms with Crippen LogP contribution in [0.3, 0.4) is 0 Å². The number of hydrogen-bond acceptors (Lipinski definition) is 4. The molecule has 1 amide bonds. The molecule has 0 saturated carbocycles. The number of halogens is 3. The van der Waals surface area contributed by atoms with Crippen LogP contribution in [-0.4, -0.2) is 37.5 Å². The van der Waals surface area contributed by atoms with Crippen LogP contribution in [0.25, 0.3) is 17.1 Å². The van der Waals surface area contributed by atoms with Gasteiger partial charge in [0.2, 0.25) is 0 Å². The van der Waals surface area contributed by atoms with Crippen LogP contribution in [0.4, 0.5) is 13.2 Å². The second-order valence-corrected chi connectivity index (χ2v) is 7.79. The number of rotatable bonds is 2. The normalized spacial score (nSPS) is 23.0. The van der Waals surface area contributed by atoms with Gasteiger partial charge in [0.05, 0.1) is 6.26 Å². The van der Waals surface area contributed by atoms with Crippen molar-refractivity contribution in [3.05, 3.63) is 41.9 Å². The molecule has 2 unspecified atom stereocenters. The molecule has 4 heterocycles. The van der Waals surface area contributed by atoms with E-state index in [4.69, 9.17) is 4.42 Å². The maximum absolute atomic E-state index is 13.7. The third-order valence-corrected chi connectivity index (χ3v) is 5.38. The molecule has 29 heavy (non-hydrogen) atoms. The van der Waals surface area contributed by atoms with Crippen LogP contribution in [0, 0.1) is 5.92 Å². The number of likely N-dealkylation sites (tertiary alicyclic amines) is 1. The van der Waals surface area contributed by atoms with Gasteiger partial charge in [0.1, 0.15) is 5.69 Å². The summed E-state index contributed by atoms with van der Waals surface area (Å²) >= 11 is 0. The summed E-state index contributed by atoms with van der Waals surface area (Å²) in [5.41, 5.74) is -1.09. The fourth-order valence-corrected chi connectivity index (χ4v) is 4.29. The Bertz CT molecular complexity index is 1030. The van der Waals surface area contributed by atoms with E-state index in [1.54, 1.807) is 11.0 Å². The summed E-state index contributed by atoms with van der Waals surface area (Å²) in [4.78, 5) is 19.0.